The second-order valence-electron chi connectivity index (χ2n) is 8.37. The third-order valence-corrected chi connectivity index (χ3v) is 4.35. The topological polar surface area (TPSA) is 72.9 Å². The summed E-state index contributed by atoms with van der Waals surface area (Å²) in [4.78, 5) is 38.9. The monoisotopic (exact) mass is 421 g/mol. The van der Waals surface area contributed by atoms with Crippen LogP contribution >= 0.6 is 0 Å². The fourth-order valence-corrected chi connectivity index (χ4v) is 2.98. The number of alkyl halides is 3. The number of nitrogens with zero attached hydrogens (tertiary/aromatic N) is 1. The van der Waals surface area contributed by atoms with E-state index in [0.717, 1.165) is 4.90 Å². The van der Waals surface area contributed by atoms with Gasteiger partial charge in [0.2, 0.25) is 0 Å². The molecule has 1 saturated heterocycles. The smallest absolute Gasteiger partial charge is 0.417 e. The van der Waals surface area contributed by atoms with Crippen molar-refractivity contribution in [2.45, 2.75) is 78.6 Å². The van der Waals surface area contributed by atoms with E-state index < -0.39 is 54.5 Å². The number of hydrogen-bond donors (Lipinski definition) is 0. The maximum absolute atomic E-state index is 13.2. The minimum Gasteiger partial charge on any atom is -0.459 e. The number of halogens is 3. The second-order valence-corrected chi connectivity index (χ2v) is 8.37. The summed E-state index contributed by atoms with van der Waals surface area (Å²) in [7, 11) is 0. The lowest BCUT2D eigenvalue weighted by atomic mass is 9.90. The summed E-state index contributed by atoms with van der Waals surface area (Å²) in [5.74, 6) is -3.30. The van der Waals surface area contributed by atoms with E-state index in [9.17, 15) is 27.6 Å². The van der Waals surface area contributed by atoms with Crippen molar-refractivity contribution in [3.63, 3.8) is 0 Å². The lowest BCUT2D eigenvalue weighted by Gasteiger charge is -2.28. The Labute approximate surface area is 169 Å². The number of ether oxygens (including phenoxy) is 2. The van der Waals surface area contributed by atoms with Crippen molar-refractivity contribution < 1.29 is 37.0 Å². The molecule has 0 saturated carbocycles. The number of cyclic esters (lactones) is 1. The van der Waals surface area contributed by atoms with Gasteiger partial charge in [0.05, 0.1) is 12.0 Å². The Bertz CT molecular complexity index is 649. The van der Waals surface area contributed by atoms with Crippen LogP contribution in [0.1, 0.15) is 60.8 Å². The molecule has 6 nitrogen and oxygen atoms in total. The molecule has 1 aliphatic heterocycles. The maximum atomic E-state index is 13.2. The summed E-state index contributed by atoms with van der Waals surface area (Å²) in [6.45, 7) is 10.0. The summed E-state index contributed by atoms with van der Waals surface area (Å²) in [6, 6.07) is -0.558. The van der Waals surface area contributed by atoms with Gasteiger partial charge in [-0.2, -0.15) is 13.2 Å². The molecular formula is C20H30F3NO5. The quantitative estimate of drug-likeness (QED) is 0.443. The number of esters is 1. The van der Waals surface area contributed by atoms with Crippen molar-refractivity contribution in [2.24, 2.45) is 11.8 Å². The first-order valence-corrected chi connectivity index (χ1v) is 9.68. The van der Waals surface area contributed by atoms with Crippen LogP contribution in [0.4, 0.5) is 18.0 Å². The molecule has 1 aliphatic rings. The Morgan fingerprint density at radius 3 is 2.31 bits per heavy atom. The van der Waals surface area contributed by atoms with Gasteiger partial charge in [-0.05, 0) is 39.5 Å². The summed E-state index contributed by atoms with van der Waals surface area (Å²) >= 11 is 0. The summed E-state index contributed by atoms with van der Waals surface area (Å²) in [5.41, 5.74) is -1.11. The number of allylic oxidation sites excluding steroid dienone is 1. The number of hydrogen-bond acceptors (Lipinski definition) is 5. The van der Waals surface area contributed by atoms with E-state index in [1.807, 2.05) is 0 Å². The van der Waals surface area contributed by atoms with Crippen molar-refractivity contribution in [3.8, 4) is 0 Å². The number of amides is 2. The molecule has 2 amide bonds. The molecule has 2 atom stereocenters. The molecule has 0 aromatic heterocycles. The van der Waals surface area contributed by atoms with E-state index in [1.165, 1.54) is 6.08 Å². The van der Waals surface area contributed by atoms with Crippen LogP contribution in [0.25, 0.3) is 0 Å². The third-order valence-electron chi connectivity index (χ3n) is 4.35. The van der Waals surface area contributed by atoms with Crippen LogP contribution in [0, 0.1) is 11.8 Å². The first-order valence-electron chi connectivity index (χ1n) is 9.68. The van der Waals surface area contributed by atoms with E-state index in [4.69, 9.17) is 9.47 Å². The van der Waals surface area contributed by atoms with E-state index >= 15 is 0 Å². The largest absolute Gasteiger partial charge is 0.459 e. The van der Waals surface area contributed by atoms with Crippen LogP contribution in [0.3, 0.4) is 0 Å². The van der Waals surface area contributed by atoms with E-state index in [2.05, 4.69) is 0 Å². The Kier molecular flexibility index (Phi) is 8.29. The molecule has 1 heterocycles. The highest BCUT2D eigenvalue weighted by molar-refractivity contribution is 6.06. The highest BCUT2D eigenvalue weighted by atomic mass is 19.4. The van der Waals surface area contributed by atoms with Crippen LogP contribution in [0.2, 0.25) is 0 Å². The second kappa shape index (κ2) is 9.63. The normalized spacial score (nSPS) is 19.4. The lowest BCUT2D eigenvalue weighted by Crippen LogP contribution is -2.44. The van der Waals surface area contributed by atoms with Gasteiger partial charge in [-0.1, -0.05) is 26.8 Å². The van der Waals surface area contributed by atoms with Crippen molar-refractivity contribution in [1.29, 1.82) is 0 Å². The zero-order valence-electron chi connectivity index (χ0n) is 17.8. The molecule has 1 fully saturated rings. The van der Waals surface area contributed by atoms with Crippen LogP contribution in [0.15, 0.2) is 11.6 Å². The zero-order valence-corrected chi connectivity index (χ0v) is 17.8. The van der Waals surface area contributed by atoms with E-state index in [1.54, 1.807) is 41.5 Å². The molecule has 9 heteroatoms. The molecule has 0 spiro atoms. The van der Waals surface area contributed by atoms with Crippen molar-refractivity contribution in [2.75, 3.05) is 6.61 Å². The summed E-state index contributed by atoms with van der Waals surface area (Å²) in [6.07, 6.45) is -5.60. The van der Waals surface area contributed by atoms with Crippen molar-refractivity contribution in [3.05, 3.63) is 11.6 Å². The molecule has 0 aromatic rings. The fourth-order valence-electron chi connectivity index (χ4n) is 2.98. The van der Waals surface area contributed by atoms with Crippen molar-refractivity contribution >= 4 is 18.0 Å². The molecule has 166 valence electrons. The predicted octanol–water partition coefficient (Wildman–Crippen LogP) is 4.63. The molecule has 0 bridgehead atoms. The molecule has 0 radical (unpaired) electrons. The van der Waals surface area contributed by atoms with Crippen LogP contribution in [-0.4, -0.2) is 47.3 Å². The number of carbonyl (C=O) groups excluding carboxylic acids is 3. The Morgan fingerprint density at radius 1 is 1.28 bits per heavy atom. The average molecular weight is 421 g/mol. The van der Waals surface area contributed by atoms with Crippen LogP contribution in [-0.2, 0) is 19.1 Å². The Morgan fingerprint density at radius 2 is 1.86 bits per heavy atom. The van der Waals surface area contributed by atoms with Gasteiger partial charge in [0, 0.05) is 12.0 Å². The van der Waals surface area contributed by atoms with Gasteiger partial charge in [-0.15, -0.1) is 0 Å². The minimum absolute atomic E-state index is 0.00129. The molecule has 0 aromatic carbocycles. The molecule has 1 rings (SSSR count). The molecule has 0 N–H and O–H groups in total. The fraction of sp³-hybridized carbons (Fsp3) is 0.750. The number of imide groups is 1. The molecule has 0 unspecified atom stereocenters. The van der Waals surface area contributed by atoms with Gasteiger partial charge in [0.1, 0.15) is 12.2 Å². The maximum Gasteiger partial charge on any atom is 0.417 e. The highest BCUT2D eigenvalue weighted by Crippen LogP contribution is 2.32. The SMILES string of the molecule is CC/C=C(/C(=O)N1C(=O)OC[C@@H]1C(C)C)[C@H](CCC(F)(F)F)C(=O)OC(C)(C)C. The number of carbonyl (C=O) groups is 3. The van der Waals surface area contributed by atoms with Crippen LogP contribution in [0.5, 0.6) is 0 Å². The number of rotatable bonds is 7. The zero-order chi connectivity index (χ0) is 22.6. The highest BCUT2D eigenvalue weighted by Gasteiger charge is 2.44. The third kappa shape index (κ3) is 7.36. The minimum atomic E-state index is -4.51. The van der Waals surface area contributed by atoms with Gasteiger partial charge in [-0.3, -0.25) is 9.59 Å². The predicted molar refractivity (Wildman–Crippen MR) is 99.8 cm³/mol. The van der Waals surface area contributed by atoms with Gasteiger partial charge < -0.3 is 9.47 Å². The Balaban J connectivity index is 3.30. The summed E-state index contributed by atoms with van der Waals surface area (Å²) in [5, 5.41) is 0. The van der Waals surface area contributed by atoms with Gasteiger partial charge in [-0.25, -0.2) is 9.69 Å². The Hall–Kier alpha value is -2.06. The summed E-state index contributed by atoms with van der Waals surface area (Å²) < 4.78 is 48.8. The van der Waals surface area contributed by atoms with Gasteiger partial charge in [0.25, 0.3) is 5.91 Å². The average Bonchev–Trinajstić information content (AvgIpc) is 2.92. The van der Waals surface area contributed by atoms with Crippen molar-refractivity contribution in [1.82, 2.24) is 4.90 Å². The first-order chi connectivity index (χ1) is 13.2. The molecule has 29 heavy (non-hydrogen) atoms. The standard InChI is InChI=1S/C20H30F3NO5/c1-7-8-13(16(25)24-15(12(2)3)11-28-18(24)27)14(9-10-20(21,22)23)17(26)29-19(4,5)6/h8,12,14-15H,7,9-11H2,1-6H3/b13-8+/t14-,15+/m0/s1. The van der Waals surface area contributed by atoms with Gasteiger partial charge >= 0.3 is 18.2 Å². The first kappa shape index (κ1) is 25.0. The molecule has 0 aliphatic carbocycles. The van der Waals surface area contributed by atoms with E-state index in [0.29, 0.717) is 6.42 Å². The van der Waals surface area contributed by atoms with Crippen LogP contribution < -0.4 is 0 Å². The van der Waals surface area contributed by atoms with E-state index in [-0.39, 0.29) is 18.1 Å². The molecular weight excluding hydrogens is 391 g/mol. The van der Waals surface area contributed by atoms with Gasteiger partial charge in [0.15, 0.2) is 0 Å². The lowest BCUT2D eigenvalue weighted by molar-refractivity contribution is -0.163.